The van der Waals surface area contributed by atoms with Crippen LogP contribution in [0.2, 0.25) is 0 Å². The van der Waals surface area contributed by atoms with E-state index in [0.717, 1.165) is 18.5 Å². The quantitative estimate of drug-likeness (QED) is 0.710. The molecule has 3 rings (SSSR count). The molecule has 1 aliphatic carbocycles. The van der Waals surface area contributed by atoms with E-state index in [1.165, 1.54) is 6.07 Å². The topological polar surface area (TPSA) is 70.1 Å². The number of hydrogen-bond acceptors (Lipinski definition) is 5. The lowest BCUT2D eigenvalue weighted by Gasteiger charge is -2.14. The third kappa shape index (κ3) is 4.17. The predicted octanol–water partition coefficient (Wildman–Crippen LogP) is 3.79. The van der Waals surface area contributed by atoms with E-state index in [9.17, 15) is 4.39 Å². The fraction of sp³-hybridized carbons (Fsp3) is 0.375. The lowest BCUT2D eigenvalue weighted by atomic mass is 10.2. The third-order valence-electron chi connectivity index (χ3n) is 3.58. The number of aliphatic hydroxyl groups excluding tert-OH is 1. The molecule has 1 aromatic carbocycles. The van der Waals surface area contributed by atoms with Gasteiger partial charge in [0, 0.05) is 23.7 Å². The molecule has 1 saturated carbocycles. The standard InChI is InChI=1S/C16H18BrFN4O/c1-9(8-23)19-16-21-14(10-2-3-10)7-15(22-16)20-11-4-5-12(17)13(18)6-11/h4-7,9-10,23H,2-3,8H2,1H3,(H2,19,20,21,22)/t9-/m0/s1. The fourth-order valence-electron chi connectivity index (χ4n) is 2.17. The maximum atomic E-state index is 13.6. The Balaban J connectivity index is 1.86. The number of hydrogen-bond donors (Lipinski definition) is 3. The largest absolute Gasteiger partial charge is 0.394 e. The average Bonchev–Trinajstić information content (AvgIpc) is 3.35. The average molecular weight is 381 g/mol. The Bertz CT molecular complexity index is 708. The lowest BCUT2D eigenvalue weighted by molar-refractivity contribution is 0.281. The van der Waals surface area contributed by atoms with Gasteiger partial charge in [-0.2, -0.15) is 4.98 Å². The van der Waals surface area contributed by atoms with Gasteiger partial charge in [-0.3, -0.25) is 0 Å². The number of aromatic nitrogens is 2. The van der Waals surface area contributed by atoms with Crippen molar-refractivity contribution in [2.75, 3.05) is 17.2 Å². The molecule has 0 bridgehead atoms. The molecule has 0 saturated heterocycles. The fourth-order valence-corrected chi connectivity index (χ4v) is 2.42. The van der Waals surface area contributed by atoms with Crippen molar-refractivity contribution in [1.29, 1.82) is 0 Å². The van der Waals surface area contributed by atoms with Gasteiger partial charge in [0.05, 0.1) is 16.8 Å². The molecule has 7 heteroatoms. The Labute approximate surface area is 142 Å². The molecule has 0 spiro atoms. The summed E-state index contributed by atoms with van der Waals surface area (Å²) in [7, 11) is 0. The van der Waals surface area contributed by atoms with Gasteiger partial charge in [-0.25, -0.2) is 9.37 Å². The summed E-state index contributed by atoms with van der Waals surface area (Å²) in [4.78, 5) is 8.90. The summed E-state index contributed by atoms with van der Waals surface area (Å²) in [5, 5.41) is 15.3. The summed E-state index contributed by atoms with van der Waals surface area (Å²) in [5.74, 6) is 1.20. The summed E-state index contributed by atoms with van der Waals surface area (Å²) >= 11 is 3.14. The van der Waals surface area contributed by atoms with E-state index >= 15 is 0 Å². The molecule has 0 unspecified atom stereocenters. The van der Waals surface area contributed by atoms with E-state index in [1.807, 2.05) is 13.0 Å². The molecule has 2 aromatic rings. The molecule has 5 nitrogen and oxygen atoms in total. The van der Waals surface area contributed by atoms with Gasteiger partial charge in [0.2, 0.25) is 5.95 Å². The molecule has 23 heavy (non-hydrogen) atoms. The van der Waals surface area contributed by atoms with Crippen molar-refractivity contribution in [3.63, 3.8) is 0 Å². The molecule has 1 aromatic heterocycles. The highest BCUT2D eigenvalue weighted by atomic mass is 79.9. The van der Waals surface area contributed by atoms with Crippen molar-refractivity contribution >= 4 is 33.4 Å². The van der Waals surface area contributed by atoms with Crippen LogP contribution in [-0.4, -0.2) is 27.7 Å². The zero-order chi connectivity index (χ0) is 16.4. The van der Waals surface area contributed by atoms with Crippen molar-refractivity contribution < 1.29 is 9.50 Å². The summed E-state index contributed by atoms with van der Waals surface area (Å²) in [5.41, 5.74) is 1.58. The van der Waals surface area contributed by atoms with Gasteiger partial charge >= 0.3 is 0 Å². The first-order valence-electron chi connectivity index (χ1n) is 7.53. The molecule has 1 fully saturated rings. The summed E-state index contributed by atoms with van der Waals surface area (Å²) in [6.45, 7) is 1.85. The summed E-state index contributed by atoms with van der Waals surface area (Å²) in [6, 6.07) is 6.59. The SMILES string of the molecule is C[C@@H](CO)Nc1nc(Nc2ccc(Br)c(F)c2)cc(C2CC2)n1. The van der Waals surface area contributed by atoms with Crippen LogP contribution in [0.25, 0.3) is 0 Å². The minimum absolute atomic E-state index is 0.00228. The normalized spacial score (nSPS) is 15.3. The van der Waals surface area contributed by atoms with E-state index in [1.54, 1.807) is 12.1 Å². The van der Waals surface area contributed by atoms with Gasteiger partial charge in [-0.1, -0.05) is 0 Å². The number of nitrogens with one attached hydrogen (secondary N) is 2. The van der Waals surface area contributed by atoms with Crippen LogP contribution in [0.4, 0.5) is 21.8 Å². The highest BCUT2D eigenvalue weighted by molar-refractivity contribution is 9.10. The molecule has 0 amide bonds. The number of benzene rings is 1. The van der Waals surface area contributed by atoms with Crippen molar-refractivity contribution in [2.24, 2.45) is 0 Å². The van der Waals surface area contributed by atoms with E-state index in [-0.39, 0.29) is 18.5 Å². The van der Waals surface area contributed by atoms with Crippen LogP contribution in [0.5, 0.6) is 0 Å². The van der Waals surface area contributed by atoms with Crippen LogP contribution in [0.3, 0.4) is 0 Å². The van der Waals surface area contributed by atoms with Gasteiger partial charge < -0.3 is 15.7 Å². The zero-order valence-corrected chi connectivity index (χ0v) is 14.3. The first kappa shape index (κ1) is 16.1. The molecule has 0 radical (unpaired) electrons. The third-order valence-corrected chi connectivity index (χ3v) is 4.23. The van der Waals surface area contributed by atoms with Crippen LogP contribution < -0.4 is 10.6 Å². The first-order valence-corrected chi connectivity index (χ1v) is 8.33. The second-order valence-corrected chi connectivity index (χ2v) is 6.61. The molecule has 3 N–H and O–H groups in total. The highest BCUT2D eigenvalue weighted by Crippen LogP contribution is 2.40. The van der Waals surface area contributed by atoms with E-state index in [2.05, 4.69) is 36.5 Å². The summed E-state index contributed by atoms with van der Waals surface area (Å²) in [6.07, 6.45) is 2.25. The van der Waals surface area contributed by atoms with E-state index in [4.69, 9.17) is 5.11 Å². The zero-order valence-electron chi connectivity index (χ0n) is 12.7. The predicted molar refractivity (Wildman–Crippen MR) is 91.6 cm³/mol. The van der Waals surface area contributed by atoms with Crippen molar-refractivity contribution in [1.82, 2.24) is 9.97 Å². The van der Waals surface area contributed by atoms with Crippen LogP contribution in [-0.2, 0) is 0 Å². The van der Waals surface area contributed by atoms with Crippen LogP contribution >= 0.6 is 15.9 Å². The van der Waals surface area contributed by atoms with Crippen molar-refractivity contribution in [3.8, 4) is 0 Å². The summed E-state index contributed by atoms with van der Waals surface area (Å²) < 4.78 is 14.1. The van der Waals surface area contributed by atoms with Crippen LogP contribution in [0.15, 0.2) is 28.7 Å². The number of rotatable bonds is 6. The number of nitrogens with zero attached hydrogens (tertiary/aromatic N) is 2. The minimum Gasteiger partial charge on any atom is -0.394 e. The van der Waals surface area contributed by atoms with Gasteiger partial charge in [0.15, 0.2) is 0 Å². The van der Waals surface area contributed by atoms with Gasteiger partial charge in [-0.15, -0.1) is 0 Å². The van der Waals surface area contributed by atoms with Gasteiger partial charge in [0.25, 0.3) is 0 Å². The molecule has 0 aliphatic heterocycles. The Morgan fingerprint density at radius 2 is 2.13 bits per heavy atom. The van der Waals surface area contributed by atoms with Crippen molar-refractivity contribution in [2.45, 2.75) is 31.7 Å². The molecule has 122 valence electrons. The second-order valence-electron chi connectivity index (χ2n) is 5.76. The number of anilines is 3. The Kier molecular flexibility index (Phi) is 4.77. The number of halogens is 2. The Morgan fingerprint density at radius 1 is 1.35 bits per heavy atom. The van der Waals surface area contributed by atoms with Crippen LogP contribution in [0.1, 0.15) is 31.4 Å². The molecule has 1 aliphatic rings. The minimum atomic E-state index is -0.335. The highest BCUT2D eigenvalue weighted by Gasteiger charge is 2.26. The first-order chi connectivity index (χ1) is 11.0. The monoisotopic (exact) mass is 380 g/mol. The Hall–Kier alpha value is -1.73. The second kappa shape index (κ2) is 6.80. The Morgan fingerprint density at radius 3 is 2.78 bits per heavy atom. The molecular weight excluding hydrogens is 363 g/mol. The molecule has 1 atom stereocenters. The van der Waals surface area contributed by atoms with Gasteiger partial charge in [0.1, 0.15) is 11.6 Å². The molecule has 1 heterocycles. The number of aliphatic hydroxyl groups is 1. The smallest absolute Gasteiger partial charge is 0.225 e. The maximum absolute atomic E-state index is 13.6. The maximum Gasteiger partial charge on any atom is 0.225 e. The van der Waals surface area contributed by atoms with E-state index in [0.29, 0.717) is 27.8 Å². The molecular formula is C16H18BrFN4O. The van der Waals surface area contributed by atoms with Crippen molar-refractivity contribution in [3.05, 3.63) is 40.2 Å². The van der Waals surface area contributed by atoms with Gasteiger partial charge in [-0.05, 0) is 53.9 Å². The van der Waals surface area contributed by atoms with E-state index < -0.39 is 0 Å². The lowest BCUT2D eigenvalue weighted by Crippen LogP contribution is -2.21. The van der Waals surface area contributed by atoms with Crippen LogP contribution in [0, 0.1) is 5.82 Å².